The lowest BCUT2D eigenvalue weighted by molar-refractivity contribution is -0.184. The minimum atomic E-state index is -1.07. The third-order valence-corrected chi connectivity index (χ3v) is 3.24. The second-order valence-corrected chi connectivity index (χ2v) is 6.32. The van der Waals surface area contributed by atoms with Gasteiger partial charge in [-0.15, -0.1) is 0 Å². The molecule has 1 rings (SSSR count). The van der Waals surface area contributed by atoms with Crippen molar-refractivity contribution < 1.29 is 19.4 Å². The van der Waals surface area contributed by atoms with E-state index in [9.17, 15) is 14.4 Å². The Labute approximate surface area is 119 Å². The van der Waals surface area contributed by atoms with Crippen molar-refractivity contribution in [3.63, 3.8) is 0 Å². The molecule has 106 valence electrons. The molecule has 3 N–H and O–H groups in total. The smallest absolute Gasteiger partial charge is 0.350 e. The molecule has 0 amide bonds. The number of hydrogen-bond acceptors (Lipinski definition) is 4. The summed E-state index contributed by atoms with van der Waals surface area (Å²) in [4.78, 5) is 14.0. The zero-order chi connectivity index (χ0) is 14.8. The highest BCUT2D eigenvalue weighted by Crippen LogP contribution is 2.38. The van der Waals surface area contributed by atoms with Gasteiger partial charge in [-0.05, 0) is 17.5 Å². The summed E-state index contributed by atoms with van der Waals surface area (Å²) in [5.41, 5.74) is 6.59. The lowest BCUT2D eigenvalue weighted by atomic mass is 9.84. The summed E-state index contributed by atoms with van der Waals surface area (Å²) in [6, 6.07) is 2.57. The summed E-state index contributed by atoms with van der Waals surface area (Å²) in [5.74, 6) is -1.04. The van der Waals surface area contributed by atoms with Gasteiger partial charge in [-0.3, -0.25) is 4.94 Å². The number of nitrogens with two attached hydrogens (primary N) is 1. The van der Waals surface area contributed by atoms with Crippen LogP contribution in [0.5, 0.6) is 5.75 Å². The first kappa shape index (κ1) is 15.9. The van der Waals surface area contributed by atoms with Gasteiger partial charge in [0.1, 0.15) is 5.75 Å². The van der Waals surface area contributed by atoms with Gasteiger partial charge < -0.3 is 10.8 Å². The Morgan fingerprint density at radius 2 is 2.11 bits per heavy atom. The normalized spacial score (nSPS) is 13.2. The number of carbonyl (C=O) groups excluding carboxylic acids is 1. The minimum absolute atomic E-state index is 0.0230. The van der Waals surface area contributed by atoms with E-state index in [0.29, 0.717) is 11.1 Å². The van der Waals surface area contributed by atoms with Crippen molar-refractivity contribution in [2.45, 2.75) is 38.6 Å². The molecule has 0 heterocycles. The molecule has 0 fully saturated rings. The number of rotatable bonds is 3. The van der Waals surface area contributed by atoms with Crippen LogP contribution in [0.15, 0.2) is 16.6 Å². The fraction of sp³-hybridized carbons (Fsp3) is 0.462. The van der Waals surface area contributed by atoms with Gasteiger partial charge in [0.25, 0.3) is 0 Å². The molecule has 0 saturated carbocycles. The third-order valence-electron chi connectivity index (χ3n) is 2.78. The highest BCUT2D eigenvalue weighted by molar-refractivity contribution is 9.10. The number of carbonyl (C=O) groups is 1. The van der Waals surface area contributed by atoms with E-state index in [2.05, 4.69) is 20.9 Å². The van der Waals surface area contributed by atoms with Crippen LogP contribution >= 0.6 is 15.9 Å². The van der Waals surface area contributed by atoms with Gasteiger partial charge in [0, 0.05) is 26.2 Å². The largest absolute Gasteiger partial charge is 0.507 e. The summed E-state index contributed by atoms with van der Waals surface area (Å²) >= 11 is 3.33. The van der Waals surface area contributed by atoms with Crippen LogP contribution in [-0.2, 0) is 15.2 Å². The molecule has 19 heavy (non-hydrogen) atoms. The van der Waals surface area contributed by atoms with Gasteiger partial charge in [0.15, 0.2) is 0 Å². The predicted octanol–water partition coefficient (Wildman–Crippen LogP) is 3.27. The maximum atomic E-state index is 11.7. The summed E-state index contributed by atoms with van der Waals surface area (Å²) in [7, 11) is 0. The molecule has 0 aliphatic heterocycles. The van der Waals surface area contributed by atoms with E-state index in [-0.39, 0.29) is 17.6 Å². The minimum Gasteiger partial charge on any atom is -0.507 e. The second-order valence-electron chi connectivity index (χ2n) is 5.40. The lowest BCUT2D eigenvalue weighted by Gasteiger charge is -2.24. The van der Waals surface area contributed by atoms with E-state index in [1.807, 2.05) is 20.8 Å². The van der Waals surface area contributed by atoms with Crippen LogP contribution in [0, 0.1) is 0 Å². The molecule has 0 aliphatic rings. The Balaban J connectivity index is 3.22. The summed E-state index contributed by atoms with van der Waals surface area (Å²) in [6.07, 6.45) is -0.343. The molecule has 4 nitrogen and oxygen atoms in total. The van der Waals surface area contributed by atoms with Crippen molar-refractivity contribution in [1.82, 2.24) is 0 Å². The fourth-order valence-electron chi connectivity index (χ4n) is 1.80. The molecule has 1 aromatic rings. The Morgan fingerprint density at radius 1 is 1.53 bits per heavy atom. The van der Waals surface area contributed by atoms with Crippen molar-refractivity contribution in [2.75, 3.05) is 0 Å². The van der Waals surface area contributed by atoms with Crippen LogP contribution < -0.4 is 5.73 Å². The van der Waals surface area contributed by atoms with Crippen LogP contribution in [0.1, 0.15) is 44.4 Å². The molecule has 0 bridgehead atoms. The van der Waals surface area contributed by atoms with E-state index in [1.165, 1.54) is 0 Å². The summed E-state index contributed by atoms with van der Waals surface area (Å²) in [5, 5.41) is 10.3. The zero-order valence-electron chi connectivity index (χ0n) is 11.0. The number of phenolic OH excluding ortho intramolecular Hbond substituents is 1. The summed E-state index contributed by atoms with van der Waals surface area (Å²) in [6.45, 7) is 5.83. The van der Waals surface area contributed by atoms with Gasteiger partial charge >= 0.3 is 5.97 Å². The molecule has 1 aromatic carbocycles. The molecule has 0 saturated heterocycles. The van der Waals surface area contributed by atoms with E-state index in [4.69, 9.17) is 5.73 Å². The molecule has 1 atom stereocenters. The maximum Gasteiger partial charge on any atom is 0.350 e. The molecule has 0 aliphatic carbocycles. The molecular formula is C13H17BrFNO3. The molecule has 0 radical (unpaired) electrons. The topological polar surface area (TPSA) is 72.6 Å². The Morgan fingerprint density at radius 3 is 2.58 bits per heavy atom. The first-order chi connectivity index (χ1) is 8.66. The van der Waals surface area contributed by atoms with E-state index in [0.717, 1.165) is 4.47 Å². The first-order valence-corrected chi connectivity index (χ1v) is 6.56. The van der Waals surface area contributed by atoms with Crippen molar-refractivity contribution >= 4 is 21.9 Å². The molecule has 6 heteroatoms. The van der Waals surface area contributed by atoms with Crippen LogP contribution in [-0.4, -0.2) is 11.1 Å². The molecule has 1 unspecified atom stereocenters. The van der Waals surface area contributed by atoms with Crippen molar-refractivity contribution in [2.24, 2.45) is 5.73 Å². The second kappa shape index (κ2) is 5.88. The molecular weight excluding hydrogens is 317 g/mol. The monoisotopic (exact) mass is 333 g/mol. The first-order valence-electron chi connectivity index (χ1n) is 5.76. The Kier molecular flexibility index (Phi) is 4.92. The summed E-state index contributed by atoms with van der Waals surface area (Å²) < 4.78 is 12.5. The fourth-order valence-corrected chi connectivity index (χ4v) is 2.27. The van der Waals surface area contributed by atoms with Crippen molar-refractivity contribution in [3.05, 3.63) is 27.7 Å². The predicted molar refractivity (Wildman–Crippen MR) is 73.3 cm³/mol. The Hall–Kier alpha value is -1.14. The van der Waals surface area contributed by atoms with Crippen LogP contribution in [0.4, 0.5) is 4.53 Å². The van der Waals surface area contributed by atoms with Gasteiger partial charge in [0.2, 0.25) is 0 Å². The molecule has 0 spiro atoms. The van der Waals surface area contributed by atoms with Crippen molar-refractivity contribution in [3.8, 4) is 5.75 Å². The van der Waals surface area contributed by atoms with Crippen LogP contribution in [0.2, 0.25) is 0 Å². The van der Waals surface area contributed by atoms with Gasteiger partial charge in [-0.1, -0.05) is 36.7 Å². The number of aromatic hydroxyl groups is 1. The Bertz CT molecular complexity index is 486. The van der Waals surface area contributed by atoms with E-state index < -0.39 is 12.0 Å². The number of halogens is 2. The highest BCUT2D eigenvalue weighted by Gasteiger charge is 2.24. The standard InChI is InChI=1S/C13H17BrFNO3/c1-13(2,3)9-5-7(14)4-8(12(9)18)10(16)6-11(17)19-15/h4-5,10,18H,6,16H2,1-3H3. The number of benzene rings is 1. The number of phenols is 1. The quantitative estimate of drug-likeness (QED) is 0.890. The highest BCUT2D eigenvalue weighted by atomic mass is 79.9. The van der Waals surface area contributed by atoms with Crippen molar-refractivity contribution in [1.29, 1.82) is 0 Å². The van der Waals surface area contributed by atoms with E-state index >= 15 is 0 Å². The number of hydrogen-bond donors (Lipinski definition) is 2. The molecule has 0 aromatic heterocycles. The lowest BCUT2D eigenvalue weighted by Crippen LogP contribution is -2.18. The van der Waals surface area contributed by atoms with Crippen LogP contribution in [0.3, 0.4) is 0 Å². The zero-order valence-corrected chi connectivity index (χ0v) is 12.6. The SMILES string of the molecule is CC(C)(C)c1cc(Br)cc(C(N)CC(=O)OF)c1O. The average molecular weight is 334 g/mol. The van der Waals surface area contributed by atoms with Crippen LogP contribution in [0.25, 0.3) is 0 Å². The van der Waals surface area contributed by atoms with Gasteiger partial charge in [-0.2, -0.15) is 0 Å². The third kappa shape index (κ3) is 3.91. The maximum absolute atomic E-state index is 11.7. The van der Waals surface area contributed by atoms with Gasteiger partial charge in [-0.25, -0.2) is 4.79 Å². The average Bonchev–Trinajstić information content (AvgIpc) is 2.29. The van der Waals surface area contributed by atoms with Gasteiger partial charge in [0.05, 0.1) is 6.42 Å². The van der Waals surface area contributed by atoms with E-state index in [1.54, 1.807) is 12.1 Å².